The molecule has 0 N–H and O–H groups in total. The number of hydrogen-bond acceptors (Lipinski definition) is 3. The summed E-state index contributed by atoms with van der Waals surface area (Å²) in [6.07, 6.45) is 4.41. The molecule has 0 saturated carbocycles. The van der Waals surface area contributed by atoms with Crippen LogP contribution >= 0.6 is 34.0 Å². The molecule has 0 unspecified atom stereocenters. The molecule has 0 atom stereocenters. The van der Waals surface area contributed by atoms with Gasteiger partial charge in [-0.05, 0) is 62.4 Å². The van der Waals surface area contributed by atoms with E-state index in [4.69, 9.17) is 0 Å². The van der Waals surface area contributed by atoms with Crippen LogP contribution in [0.3, 0.4) is 0 Å². The summed E-state index contributed by atoms with van der Waals surface area (Å²) >= 11 is 5.55. The lowest BCUT2D eigenvalue weighted by Gasteiger charge is -1.88. The quantitative estimate of drug-likeness (QED) is 0.530. The molecule has 0 bridgehead atoms. The zero-order valence-corrected chi connectivity index (χ0v) is 13.3. The number of aryl methyl sites for hydroxylation is 2. The Labute approximate surface area is 125 Å². The maximum atomic E-state index is 2.22. The minimum atomic E-state index is 1.31. The fourth-order valence-corrected chi connectivity index (χ4v) is 4.50. The van der Waals surface area contributed by atoms with E-state index in [0.717, 1.165) is 0 Å². The zero-order valence-electron chi connectivity index (χ0n) is 10.8. The average Bonchev–Trinajstić information content (AvgIpc) is 3.07. The van der Waals surface area contributed by atoms with Crippen molar-refractivity contribution >= 4 is 46.2 Å². The fourth-order valence-electron chi connectivity index (χ4n) is 1.85. The van der Waals surface area contributed by atoms with E-state index in [1.807, 2.05) is 34.0 Å². The Balaban J connectivity index is 1.80. The Hall–Kier alpha value is -1.16. The molecule has 3 heterocycles. The summed E-state index contributed by atoms with van der Waals surface area (Å²) in [7, 11) is 0. The van der Waals surface area contributed by atoms with Crippen LogP contribution in [0.15, 0.2) is 36.4 Å². The molecule has 19 heavy (non-hydrogen) atoms. The second-order valence-corrected chi connectivity index (χ2v) is 8.12. The highest BCUT2D eigenvalue weighted by Crippen LogP contribution is 2.34. The number of hydrogen-bond donors (Lipinski definition) is 0. The van der Waals surface area contributed by atoms with Gasteiger partial charge in [0.05, 0.1) is 0 Å². The van der Waals surface area contributed by atoms with E-state index in [2.05, 4.69) is 62.4 Å². The predicted molar refractivity (Wildman–Crippen MR) is 90.4 cm³/mol. The van der Waals surface area contributed by atoms with Crippen molar-refractivity contribution in [2.24, 2.45) is 0 Å². The summed E-state index contributed by atoms with van der Waals surface area (Å²) in [5.74, 6) is 0. The molecular formula is C16H14S3. The van der Waals surface area contributed by atoms with Crippen molar-refractivity contribution < 1.29 is 0 Å². The highest BCUT2D eigenvalue weighted by Gasteiger charge is 2.03. The van der Waals surface area contributed by atoms with Gasteiger partial charge in [0.2, 0.25) is 0 Å². The van der Waals surface area contributed by atoms with Gasteiger partial charge in [0.15, 0.2) is 0 Å². The largest absolute Gasteiger partial charge is 0.141 e. The molecular weight excluding hydrogens is 288 g/mol. The van der Waals surface area contributed by atoms with E-state index in [-0.39, 0.29) is 0 Å². The van der Waals surface area contributed by atoms with Crippen molar-refractivity contribution in [3.8, 4) is 9.75 Å². The van der Waals surface area contributed by atoms with Crippen molar-refractivity contribution in [1.29, 1.82) is 0 Å². The van der Waals surface area contributed by atoms with Crippen molar-refractivity contribution in [3.63, 3.8) is 0 Å². The minimum Gasteiger partial charge on any atom is -0.141 e. The van der Waals surface area contributed by atoms with Crippen LogP contribution in [0, 0.1) is 13.8 Å². The molecule has 0 aliphatic rings. The molecule has 0 aliphatic carbocycles. The van der Waals surface area contributed by atoms with Crippen LogP contribution in [0.25, 0.3) is 21.9 Å². The maximum Gasteiger partial charge on any atom is 0.0449 e. The molecule has 0 fully saturated rings. The Kier molecular flexibility index (Phi) is 3.69. The molecule has 3 aromatic heterocycles. The first-order valence-electron chi connectivity index (χ1n) is 6.12. The topological polar surface area (TPSA) is 0 Å². The van der Waals surface area contributed by atoms with Gasteiger partial charge in [-0.25, -0.2) is 0 Å². The van der Waals surface area contributed by atoms with Gasteiger partial charge >= 0.3 is 0 Å². The monoisotopic (exact) mass is 302 g/mol. The maximum absolute atomic E-state index is 2.22. The molecule has 0 aliphatic heterocycles. The van der Waals surface area contributed by atoms with Crippen LogP contribution in [-0.4, -0.2) is 0 Å². The van der Waals surface area contributed by atoms with Gasteiger partial charge in [-0.3, -0.25) is 0 Å². The Morgan fingerprint density at radius 1 is 0.632 bits per heavy atom. The predicted octanol–water partition coefficient (Wildman–Crippen LogP) is 6.33. The number of rotatable bonds is 3. The Morgan fingerprint density at radius 3 is 1.79 bits per heavy atom. The SMILES string of the molecule is Cc1ccc(C=Cc2ccc(-c3ccc(C)s3)s2)s1. The summed E-state index contributed by atoms with van der Waals surface area (Å²) < 4.78 is 0. The van der Waals surface area contributed by atoms with E-state index >= 15 is 0 Å². The zero-order chi connectivity index (χ0) is 13.2. The normalized spacial score (nSPS) is 11.5. The average molecular weight is 302 g/mol. The fraction of sp³-hybridized carbons (Fsp3) is 0.125. The minimum absolute atomic E-state index is 1.31. The molecule has 0 saturated heterocycles. The first-order chi connectivity index (χ1) is 9.20. The van der Waals surface area contributed by atoms with Crippen LogP contribution in [-0.2, 0) is 0 Å². The highest BCUT2D eigenvalue weighted by molar-refractivity contribution is 7.22. The first-order valence-corrected chi connectivity index (χ1v) is 8.57. The van der Waals surface area contributed by atoms with Crippen molar-refractivity contribution in [2.45, 2.75) is 13.8 Å². The molecule has 3 aromatic rings. The molecule has 0 nitrogen and oxygen atoms in total. The number of thiophene rings is 3. The molecule has 3 heteroatoms. The molecule has 0 radical (unpaired) electrons. The van der Waals surface area contributed by atoms with Gasteiger partial charge in [-0.1, -0.05) is 0 Å². The van der Waals surface area contributed by atoms with Gasteiger partial charge < -0.3 is 0 Å². The van der Waals surface area contributed by atoms with E-state index in [1.165, 1.54) is 29.3 Å². The summed E-state index contributed by atoms with van der Waals surface area (Å²) in [5.41, 5.74) is 0. The van der Waals surface area contributed by atoms with Gasteiger partial charge in [0.25, 0.3) is 0 Å². The van der Waals surface area contributed by atoms with E-state index in [1.54, 1.807) is 0 Å². The van der Waals surface area contributed by atoms with Gasteiger partial charge in [-0.15, -0.1) is 34.0 Å². The van der Waals surface area contributed by atoms with Gasteiger partial charge in [0, 0.05) is 29.3 Å². The molecule has 0 aromatic carbocycles. The van der Waals surface area contributed by atoms with Crippen molar-refractivity contribution in [3.05, 3.63) is 55.9 Å². The highest BCUT2D eigenvalue weighted by atomic mass is 32.1. The van der Waals surface area contributed by atoms with E-state index in [9.17, 15) is 0 Å². The molecule has 0 spiro atoms. The van der Waals surface area contributed by atoms with Crippen molar-refractivity contribution in [1.82, 2.24) is 0 Å². The smallest absolute Gasteiger partial charge is 0.0449 e. The van der Waals surface area contributed by atoms with Crippen LogP contribution < -0.4 is 0 Å². The Morgan fingerprint density at radius 2 is 1.16 bits per heavy atom. The first kappa shape index (κ1) is 12.9. The standard InChI is InChI=1S/C16H14S3/c1-11-3-5-13(17-11)6-7-14-8-10-16(19-14)15-9-4-12(2)18-15/h3-10H,1-2H3. The van der Waals surface area contributed by atoms with Crippen LogP contribution in [0.5, 0.6) is 0 Å². The van der Waals surface area contributed by atoms with Crippen LogP contribution in [0.2, 0.25) is 0 Å². The summed E-state index contributed by atoms with van der Waals surface area (Å²) in [6, 6.07) is 13.2. The molecule has 3 rings (SSSR count). The summed E-state index contributed by atoms with van der Waals surface area (Å²) in [4.78, 5) is 8.09. The van der Waals surface area contributed by atoms with E-state index in [0.29, 0.717) is 0 Å². The Bertz CT molecular complexity index is 710. The van der Waals surface area contributed by atoms with Crippen LogP contribution in [0.1, 0.15) is 19.5 Å². The lowest BCUT2D eigenvalue weighted by molar-refractivity contribution is 1.64. The van der Waals surface area contributed by atoms with Crippen LogP contribution in [0.4, 0.5) is 0 Å². The second kappa shape index (κ2) is 5.45. The summed E-state index contributed by atoms with van der Waals surface area (Å²) in [5, 5.41) is 0. The lowest BCUT2D eigenvalue weighted by atomic mass is 10.3. The van der Waals surface area contributed by atoms with Gasteiger partial charge in [-0.2, -0.15) is 0 Å². The third kappa shape index (κ3) is 3.06. The van der Waals surface area contributed by atoms with E-state index < -0.39 is 0 Å². The third-order valence-electron chi connectivity index (χ3n) is 2.78. The summed E-state index contributed by atoms with van der Waals surface area (Å²) in [6.45, 7) is 4.30. The lowest BCUT2D eigenvalue weighted by Crippen LogP contribution is -1.58. The van der Waals surface area contributed by atoms with Gasteiger partial charge in [0.1, 0.15) is 0 Å². The second-order valence-electron chi connectivity index (χ2n) is 4.39. The molecule has 0 amide bonds. The molecule has 96 valence electrons. The van der Waals surface area contributed by atoms with Crippen molar-refractivity contribution in [2.75, 3.05) is 0 Å². The third-order valence-corrected chi connectivity index (χ3v) is 6.00.